The van der Waals surface area contributed by atoms with E-state index < -0.39 is 5.72 Å². The van der Waals surface area contributed by atoms with Crippen LogP contribution in [0.1, 0.15) is 13.8 Å². The van der Waals surface area contributed by atoms with Crippen LogP contribution in [0.5, 0.6) is 0 Å². The average Bonchev–Trinajstić information content (AvgIpc) is 1.30. The minimum atomic E-state index is -0.401. The molecule has 0 saturated heterocycles. The summed E-state index contributed by atoms with van der Waals surface area (Å²) in [6.45, 7) is 3.71. The molecule has 0 rings (SSSR count). The molecular formula is C4H11INO-. The van der Waals surface area contributed by atoms with E-state index >= 15 is 0 Å². The van der Waals surface area contributed by atoms with Crippen molar-refractivity contribution in [3.63, 3.8) is 0 Å². The molecule has 46 valence electrons. The molecular weight excluding hydrogens is 205 g/mol. The van der Waals surface area contributed by atoms with E-state index in [0.717, 1.165) is 0 Å². The van der Waals surface area contributed by atoms with Crippen LogP contribution in [0.15, 0.2) is 0 Å². The molecule has 3 heteroatoms. The summed E-state index contributed by atoms with van der Waals surface area (Å²) in [5, 5.41) is 0. The Labute approximate surface area is 55.2 Å². The Bertz CT molecular complexity index is 50.1. The zero-order chi connectivity index (χ0) is 5.91. The zero-order valence-corrected chi connectivity index (χ0v) is 7.02. The summed E-state index contributed by atoms with van der Waals surface area (Å²) in [6, 6.07) is 0. The second kappa shape index (κ2) is 2.84. The number of rotatable bonds is 2. The van der Waals surface area contributed by atoms with Crippen molar-refractivity contribution in [2.75, 3.05) is 4.93 Å². The topological polar surface area (TPSA) is 35.2 Å². The molecule has 0 spiro atoms. The first-order chi connectivity index (χ1) is 3.06. The van der Waals surface area contributed by atoms with Gasteiger partial charge in [-0.1, -0.05) is 0 Å². The van der Waals surface area contributed by atoms with Crippen LogP contribution in [-0.4, -0.2) is 10.7 Å². The van der Waals surface area contributed by atoms with Crippen molar-refractivity contribution < 1.29 is 24.7 Å². The van der Waals surface area contributed by atoms with Gasteiger partial charge in [0.15, 0.2) is 0 Å². The molecule has 0 saturated carbocycles. The van der Waals surface area contributed by atoms with E-state index in [1.54, 1.807) is 0 Å². The zero-order valence-electron chi connectivity index (χ0n) is 4.86. The van der Waals surface area contributed by atoms with Gasteiger partial charge in [-0.3, -0.25) is 0 Å². The van der Waals surface area contributed by atoms with Gasteiger partial charge in [-0.25, -0.2) is 0 Å². The normalized spacial score (nSPS) is 12.6. The summed E-state index contributed by atoms with van der Waals surface area (Å²) >= 11 is -0.107. The van der Waals surface area contributed by atoms with Crippen molar-refractivity contribution in [1.29, 1.82) is 0 Å². The third-order valence-corrected chi connectivity index (χ3v) is 1.85. The first kappa shape index (κ1) is 7.65. The van der Waals surface area contributed by atoms with Crippen LogP contribution in [0.25, 0.3) is 0 Å². The van der Waals surface area contributed by atoms with Crippen LogP contribution < -0.4 is 27.4 Å². The Morgan fingerprint density at radius 2 is 2.00 bits per heavy atom. The molecule has 0 aliphatic carbocycles. The molecule has 0 fully saturated rings. The van der Waals surface area contributed by atoms with Gasteiger partial charge in [0.05, 0.1) is 0 Å². The molecule has 7 heavy (non-hydrogen) atoms. The van der Waals surface area contributed by atoms with Gasteiger partial charge in [-0.15, -0.1) is 0 Å². The maximum atomic E-state index is 5.45. The Kier molecular flexibility index (Phi) is 3.10. The van der Waals surface area contributed by atoms with Gasteiger partial charge < -0.3 is 0 Å². The van der Waals surface area contributed by atoms with E-state index in [9.17, 15) is 0 Å². The summed E-state index contributed by atoms with van der Waals surface area (Å²) < 4.78 is 5.12. The molecule has 0 unspecified atom stereocenters. The van der Waals surface area contributed by atoms with Crippen LogP contribution in [0, 0.1) is 0 Å². The van der Waals surface area contributed by atoms with Gasteiger partial charge in [0.1, 0.15) is 0 Å². The van der Waals surface area contributed by atoms with Gasteiger partial charge in [0.2, 0.25) is 0 Å². The van der Waals surface area contributed by atoms with E-state index in [4.69, 9.17) is 8.80 Å². The van der Waals surface area contributed by atoms with Crippen molar-refractivity contribution >= 4 is 0 Å². The van der Waals surface area contributed by atoms with Crippen molar-refractivity contribution in [3.8, 4) is 0 Å². The van der Waals surface area contributed by atoms with Crippen LogP contribution in [0.3, 0.4) is 0 Å². The van der Waals surface area contributed by atoms with E-state index in [1.807, 2.05) is 18.8 Å². The van der Waals surface area contributed by atoms with Crippen LogP contribution in [0.2, 0.25) is 0 Å². The predicted octanol–water partition coefficient (Wildman–Crippen LogP) is -2.67. The van der Waals surface area contributed by atoms with Crippen molar-refractivity contribution in [1.82, 2.24) is 0 Å². The SMILES string of the molecule is C[I-]OC(C)(C)N. The first-order valence-electron chi connectivity index (χ1n) is 2.03. The second-order valence-corrected chi connectivity index (χ2v) is 3.16. The molecule has 0 aromatic heterocycles. The predicted molar refractivity (Wildman–Crippen MR) is 25.3 cm³/mol. The van der Waals surface area contributed by atoms with Crippen LogP contribution >= 0.6 is 0 Å². The maximum absolute atomic E-state index is 5.45. The van der Waals surface area contributed by atoms with E-state index in [1.165, 1.54) is 0 Å². The monoisotopic (exact) mass is 216 g/mol. The molecule has 0 amide bonds. The fourth-order valence-electron chi connectivity index (χ4n) is 0.199. The number of hydrogen-bond acceptors (Lipinski definition) is 2. The van der Waals surface area contributed by atoms with Gasteiger partial charge in [-0.2, -0.15) is 0 Å². The number of alkyl halides is 1. The van der Waals surface area contributed by atoms with Crippen molar-refractivity contribution in [2.45, 2.75) is 19.6 Å². The third kappa shape index (κ3) is 6.65. The Balaban J connectivity index is 3.15. The molecule has 0 heterocycles. The Morgan fingerprint density at radius 1 is 1.57 bits per heavy atom. The molecule has 0 radical (unpaired) electrons. The molecule has 2 nitrogen and oxygen atoms in total. The fraction of sp³-hybridized carbons (Fsp3) is 1.00. The summed E-state index contributed by atoms with van der Waals surface area (Å²) in [5.41, 5.74) is 5.05. The summed E-state index contributed by atoms with van der Waals surface area (Å²) in [7, 11) is 0. The van der Waals surface area contributed by atoms with E-state index in [-0.39, 0.29) is 21.6 Å². The Morgan fingerprint density at radius 3 is 2.00 bits per heavy atom. The molecule has 0 bridgehead atoms. The van der Waals surface area contributed by atoms with Gasteiger partial charge in [-0.05, 0) is 0 Å². The standard InChI is InChI=1S/C4H11INO/c1-4(2,6)7-5-3/h6H2,1-3H3/q-1. The number of nitrogens with two attached hydrogens (primary N) is 1. The van der Waals surface area contributed by atoms with Gasteiger partial charge in [0, 0.05) is 0 Å². The minimum absolute atomic E-state index is 0.107. The molecule has 0 aromatic rings. The third-order valence-electron chi connectivity index (χ3n) is 0.276. The van der Waals surface area contributed by atoms with Crippen LogP contribution in [0.4, 0.5) is 0 Å². The second-order valence-electron chi connectivity index (χ2n) is 1.83. The van der Waals surface area contributed by atoms with E-state index in [0.29, 0.717) is 0 Å². The molecule has 0 aliphatic rings. The van der Waals surface area contributed by atoms with Crippen molar-refractivity contribution in [3.05, 3.63) is 0 Å². The van der Waals surface area contributed by atoms with E-state index in [2.05, 4.69) is 0 Å². The van der Waals surface area contributed by atoms with Crippen LogP contribution in [-0.2, 0) is 3.07 Å². The molecule has 2 N–H and O–H groups in total. The number of halogens is 1. The Hall–Kier alpha value is 0.650. The molecule has 0 aliphatic heterocycles. The first-order valence-corrected chi connectivity index (χ1v) is 5.06. The van der Waals surface area contributed by atoms with Gasteiger partial charge >= 0.3 is 54.9 Å². The van der Waals surface area contributed by atoms with Crippen molar-refractivity contribution in [2.24, 2.45) is 5.73 Å². The molecule has 0 atom stereocenters. The number of hydrogen-bond donors (Lipinski definition) is 1. The quantitative estimate of drug-likeness (QED) is 0.310. The van der Waals surface area contributed by atoms with Gasteiger partial charge in [0.25, 0.3) is 0 Å². The molecule has 0 aromatic carbocycles. The fourth-order valence-corrected chi connectivity index (χ4v) is 1.33. The summed E-state index contributed by atoms with van der Waals surface area (Å²) in [5.74, 6) is 0. The summed E-state index contributed by atoms with van der Waals surface area (Å²) in [4.78, 5) is 2.04. The summed E-state index contributed by atoms with van der Waals surface area (Å²) in [6.07, 6.45) is 0. The average molecular weight is 216 g/mol.